The van der Waals surface area contributed by atoms with Crippen molar-refractivity contribution >= 4 is 51.6 Å². The molecule has 6 rings (SSSR count). The molecule has 1 N–H and O–H groups in total. The molecule has 2 unspecified atom stereocenters. The fourth-order valence-electron chi connectivity index (χ4n) is 5.46. The Kier molecular flexibility index (Phi) is 5.96. The Labute approximate surface area is 213 Å². The maximum atomic E-state index is 12.4. The van der Waals surface area contributed by atoms with E-state index in [9.17, 15) is 9.59 Å². The van der Waals surface area contributed by atoms with Gasteiger partial charge in [0.15, 0.2) is 0 Å². The number of fused-ring (bicyclic) bond motifs is 2. The first-order valence-corrected chi connectivity index (χ1v) is 13.4. The highest BCUT2D eigenvalue weighted by atomic mass is 32.1. The zero-order valence-electron chi connectivity index (χ0n) is 19.5. The molecule has 9 heteroatoms. The first kappa shape index (κ1) is 22.8. The Balaban J connectivity index is 1.15. The number of rotatable bonds is 4. The molecule has 0 saturated carbocycles. The number of imide groups is 1. The molecule has 3 aliphatic rings. The van der Waals surface area contributed by atoms with Gasteiger partial charge in [-0.05, 0) is 53.0 Å². The van der Waals surface area contributed by atoms with Gasteiger partial charge in [0.05, 0.1) is 17.1 Å². The zero-order chi connectivity index (χ0) is 24.1. The predicted molar refractivity (Wildman–Crippen MR) is 140 cm³/mol. The molecule has 5 heterocycles. The zero-order valence-corrected chi connectivity index (χ0v) is 21.2. The largest absolute Gasteiger partial charge is 0.295 e. The summed E-state index contributed by atoms with van der Waals surface area (Å²) >= 11 is 6.54. The highest BCUT2D eigenvalue weighted by Crippen LogP contribution is 2.40. The third kappa shape index (κ3) is 4.20. The lowest BCUT2D eigenvalue weighted by molar-refractivity contribution is -0.137. The number of hydrogen-bond acceptors (Lipinski definition) is 8. The van der Waals surface area contributed by atoms with Gasteiger partial charge in [0.2, 0.25) is 11.8 Å². The third-order valence-corrected chi connectivity index (χ3v) is 8.90. The molecule has 1 aromatic carbocycles. The first-order chi connectivity index (χ1) is 17.0. The van der Waals surface area contributed by atoms with Crippen molar-refractivity contribution in [3.8, 4) is 0 Å². The van der Waals surface area contributed by atoms with E-state index < -0.39 is 0 Å². The second-order valence-electron chi connectivity index (χ2n) is 9.58. The average Bonchev–Trinajstić information content (AvgIpc) is 3.40. The van der Waals surface area contributed by atoms with E-state index in [4.69, 9.17) is 12.6 Å². The van der Waals surface area contributed by atoms with E-state index in [1.54, 1.807) is 17.7 Å². The molecule has 2 aromatic heterocycles. The number of aromatic nitrogens is 2. The van der Waals surface area contributed by atoms with Crippen molar-refractivity contribution < 1.29 is 9.59 Å². The van der Waals surface area contributed by atoms with E-state index in [0.717, 1.165) is 36.6 Å². The monoisotopic (exact) mass is 505 g/mol. The molecule has 2 atom stereocenters. The van der Waals surface area contributed by atoms with Crippen LogP contribution in [0.3, 0.4) is 0 Å². The van der Waals surface area contributed by atoms with Gasteiger partial charge in [-0.15, -0.1) is 11.3 Å². The normalized spacial score (nSPS) is 23.4. The van der Waals surface area contributed by atoms with Crippen LogP contribution in [0.2, 0.25) is 0 Å². The summed E-state index contributed by atoms with van der Waals surface area (Å²) in [7, 11) is 0. The predicted octanol–water partition coefficient (Wildman–Crippen LogP) is 3.84. The van der Waals surface area contributed by atoms with Crippen LogP contribution in [-0.2, 0) is 22.7 Å². The standard InChI is InChI=1S/C26H27N5O2S2/c1-15-13-35-25-22(15)23(27-14-28-25)17-6-8-30(9-7-17)11-16-2-3-18-12-31(26(34)19(18)10-16)20-4-5-21(32)29-24(20)33/h2-3,6,10,13-14,20,26,34H,4-5,7-9,11-12H2,1H3,(H,29,32,33). The van der Waals surface area contributed by atoms with Gasteiger partial charge < -0.3 is 0 Å². The summed E-state index contributed by atoms with van der Waals surface area (Å²) in [5.41, 5.74) is 7.26. The number of amides is 2. The van der Waals surface area contributed by atoms with Gasteiger partial charge in [0, 0.05) is 38.0 Å². The lowest BCUT2D eigenvalue weighted by Crippen LogP contribution is -2.51. The Hall–Kier alpha value is -2.59. The van der Waals surface area contributed by atoms with Crippen LogP contribution in [0.25, 0.3) is 15.8 Å². The Morgan fingerprint density at radius 1 is 1.23 bits per heavy atom. The maximum Gasteiger partial charge on any atom is 0.243 e. The number of piperidine rings is 1. The van der Waals surface area contributed by atoms with Crippen LogP contribution in [0.4, 0.5) is 0 Å². The van der Waals surface area contributed by atoms with Crippen LogP contribution in [0.15, 0.2) is 36.0 Å². The summed E-state index contributed by atoms with van der Waals surface area (Å²) in [6.45, 7) is 5.54. The maximum absolute atomic E-state index is 12.4. The molecule has 2 amide bonds. The first-order valence-electron chi connectivity index (χ1n) is 12.0. The number of hydrogen-bond donors (Lipinski definition) is 2. The van der Waals surface area contributed by atoms with E-state index in [-0.39, 0.29) is 23.2 Å². The van der Waals surface area contributed by atoms with Gasteiger partial charge in [-0.1, -0.05) is 24.3 Å². The summed E-state index contributed by atoms with van der Waals surface area (Å²) < 4.78 is 0. The van der Waals surface area contributed by atoms with Crippen molar-refractivity contribution in [3.05, 3.63) is 63.9 Å². The Morgan fingerprint density at radius 2 is 2.11 bits per heavy atom. The molecule has 0 radical (unpaired) electrons. The van der Waals surface area contributed by atoms with Crippen LogP contribution in [0.1, 0.15) is 52.6 Å². The number of thiophene rings is 1. The number of nitrogens with one attached hydrogen (secondary N) is 1. The molecule has 1 saturated heterocycles. The number of carbonyl (C=O) groups excluding carboxylic acids is 2. The number of benzene rings is 1. The summed E-state index contributed by atoms with van der Waals surface area (Å²) in [5, 5.41) is 5.68. The highest BCUT2D eigenvalue weighted by molar-refractivity contribution is 7.80. The third-order valence-electron chi connectivity index (χ3n) is 7.32. The van der Waals surface area contributed by atoms with Crippen molar-refractivity contribution in [2.45, 2.75) is 50.7 Å². The highest BCUT2D eigenvalue weighted by Gasteiger charge is 2.39. The van der Waals surface area contributed by atoms with Crippen LogP contribution in [-0.4, -0.2) is 50.7 Å². The van der Waals surface area contributed by atoms with Gasteiger partial charge in [-0.25, -0.2) is 9.97 Å². The summed E-state index contributed by atoms with van der Waals surface area (Å²) in [6.07, 6.45) is 5.88. The second kappa shape index (κ2) is 9.13. The smallest absolute Gasteiger partial charge is 0.243 e. The molecule has 3 aliphatic heterocycles. The number of thiol groups is 1. The SMILES string of the molecule is Cc1csc2ncnc(C3=CCN(Cc4ccc5c(c4)C(S)N(C4CCC(=O)NC4=O)C5)CC3)c12. The molecule has 35 heavy (non-hydrogen) atoms. The molecule has 7 nitrogen and oxygen atoms in total. The summed E-state index contributed by atoms with van der Waals surface area (Å²) in [5.74, 6) is -0.392. The van der Waals surface area contributed by atoms with Gasteiger partial charge in [0.1, 0.15) is 11.2 Å². The summed E-state index contributed by atoms with van der Waals surface area (Å²) in [4.78, 5) is 38.6. The van der Waals surface area contributed by atoms with Crippen molar-refractivity contribution in [2.24, 2.45) is 0 Å². The number of nitrogens with zero attached hydrogens (tertiary/aromatic N) is 4. The minimum atomic E-state index is -0.308. The van der Waals surface area contributed by atoms with E-state index in [2.05, 4.69) is 61.7 Å². The molecule has 3 aromatic rings. The molecule has 0 bridgehead atoms. The minimum absolute atomic E-state index is 0.143. The fraction of sp³-hybridized carbons (Fsp3) is 0.385. The van der Waals surface area contributed by atoms with Crippen molar-refractivity contribution in [2.75, 3.05) is 13.1 Å². The molecular formula is C26H27N5O2S2. The minimum Gasteiger partial charge on any atom is -0.295 e. The van der Waals surface area contributed by atoms with Gasteiger partial charge in [-0.2, -0.15) is 12.6 Å². The number of carbonyl (C=O) groups is 2. The topological polar surface area (TPSA) is 78.4 Å². The van der Waals surface area contributed by atoms with Gasteiger partial charge in [0.25, 0.3) is 0 Å². The lowest BCUT2D eigenvalue weighted by atomic mass is 10.00. The fourth-order valence-corrected chi connectivity index (χ4v) is 6.83. The van der Waals surface area contributed by atoms with Crippen LogP contribution < -0.4 is 5.32 Å². The van der Waals surface area contributed by atoms with Gasteiger partial charge >= 0.3 is 0 Å². The van der Waals surface area contributed by atoms with E-state index in [1.807, 2.05) is 0 Å². The summed E-state index contributed by atoms with van der Waals surface area (Å²) in [6, 6.07) is 6.29. The van der Waals surface area contributed by atoms with Crippen molar-refractivity contribution in [1.29, 1.82) is 0 Å². The van der Waals surface area contributed by atoms with E-state index in [0.29, 0.717) is 19.4 Å². The van der Waals surface area contributed by atoms with Crippen molar-refractivity contribution in [1.82, 2.24) is 25.1 Å². The van der Waals surface area contributed by atoms with E-state index in [1.165, 1.54) is 33.2 Å². The Bertz CT molecular complexity index is 1370. The quantitative estimate of drug-likeness (QED) is 0.415. The van der Waals surface area contributed by atoms with Crippen LogP contribution in [0.5, 0.6) is 0 Å². The van der Waals surface area contributed by atoms with E-state index >= 15 is 0 Å². The molecule has 180 valence electrons. The second-order valence-corrected chi connectivity index (χ2v) is 10.9. The lowest BCUT2D eigenvalue weighted by Gasteiger charge is -2.32. The molecule has 0 spiro atoms. The molecule has 0 aliphatic carbocycles. The Morgan fingerprint density at radius 3 is 2.91 bits per heavy atom. The van der Waals surface area contributed by atoms with Gasteiger partial charge in [-0.3, -0.25) is 24.7 Å². The molecule has 1 fully saturated rings. The average molecular weight is 506 g/mol. The number of aryl methyl sites for hydroxylation is 1. The van der Waals surface area contributed by atoms with Crippen molar-refractivity contribution in [3.63, 3.8) is 0 Å². The van der Waals surface area contributed by atoms with Crippen LogP contribution >= 0.6 is 24.0 Å². The van der Waals surface area contributed by atoms with Crippen LogP contribution in [0, 0.1) is 6.92 Å². The molecular weight excluding hydrogens is 478 g/mol.